The first kappa shape index (κ1) is 21.0. The summed E-state index contributed by atoms with van der Waals surface area (Å²) in [5.41, 5.74) is 0.101. The maximum Gasteiger partial charge on any atom is 0.416 e. The van der Waals surface area contributed by atoms with Crippen LogP contribution in [-0.2, 0) is 11.0 Å². The molecular formula is C21H17F3N2O4. The van der Waals surface area contributed by atoms with Crippen molar-refractivity contribution in [3.8, 4) is 17.1 Å². The van der Waals surface area contributed by atoms with Gasteiger partial charge in [0, 0.05) is 18.2 Å². The molecule has 0 atom stereocenters. The smallest absolute Gasteiger partial charge is 0.416 e. The van der Waals surface area contributed by atoms with Crippen molar-refractivity contribution in [2.45, 2.75) is 13.1 Å². The molecule has 2 aromatic carbocycles. The van der Waals surface area contributed by atoms with E-state index in [0.717, 1.165) is 12.1 Å². The molecule has 156 valence electrons. The molecule has 1 aromatic heterocycles. The van der Waals surface area contributed by atoms with Crippen LogP contribution in [0.3, 0.4) is 0 Å². The number of hydrogen-bond acceptors (Lipinski definition) is 4. The molecule has 0 radical (unpaired) electrons. The van der Waals surface area contributed by atoms with E-state index in [-0.39, 0.29) is 28.7 Å². The number of benzene rings is 2. The Labute approximate surface area is 169 Å². The molecule has 3 rings (SSSR count). The summed E-state index contributed by atoms with van der Waals surface area (Å²) in [6.45, 7) is 1.35. The molecular weight excluding hydrogens is 401 g/mol. The first-order valence-electron chi connectivity index (χ1n) is 8.72. The minimum atomic E-state index is -4.49. The average molecular weight is 418 g/mol. The number of ether oxygens (including phenoxy) is 1. The number of anilines is 2. The van der Waals surface area contributed by atoms with Gasteiger partial charge in [0.25, 0.3) is 5.91 Å². The van der Waals surface area contributed by atoms with Gasteiger partial charge in [0.2, 0.25) is 5.91 Å². The topological polar surface area (TPSA) is 80.6 Å². The summed E-state index contributed by atoms with van der Waals surface area (Å²) in [5, 5.41) is 5.19. The lowest BCUT2D eigenvalue weighted by Crippen LogP contribution is -2.13. The van der Waals surface area contributed by atoms with E-state index in [9.17, 15) is 22.8 Å². The van der Waals surface area contributed by atoms with E-state index >= 15 is 0 Å². The highest BCUT2D eigenvalue weighted by molar-refractivity contribution is 6.04. The van der Waals surface area contributed by atoms with E-state index < -0.39 is 17.6 Å². The van der Waals surface area contributed by atoms with Gasteiger partial charge in [-0.05, 0) is 42.5 Å². The van der Waals surface area contributed by atoms with Crippen molar-refractivity contribution in [3.05, 3.63) is 65.9 Å². The number of nitrogens with one attached hydrogen (secondary N) is 2. The molecule has 0 spiro atoms. The lowest BCUT2D eigenvalue weighted by Gasteiger charge is -2.11. The van der Waals surface area contributed by atoms with E-state index in [2.05, 4.69) is 10.6 Å². The number of furan rings is 1. The SMILES string of the molecule is COc1ccc(NC(C)=O)cc1NC(=O)c1ccc(-c2cccc(C(F)(F)F)c2)o1. The second kappa shape index (κ2) is 8.32. The Morgan fingerprint density at radius 2 is 1.77 bits per heavy atom. The van der Waals surface area contributed by atoms with Crippen LogP contribution in [0.2, 0.25) is 0 Å². The van der Waals surface area contributed by atoms with Gasteiger partial charge in [-0.15, -0.1) is 0 Å². The van der Waals surface area contributed by atoms with Crippen LogP contribution in [0.15, 0.2) is 59.0 Å². The Morgan fingerprint density at radius 1 is 1.00 bits per heavy atom. The highest BCUT2D eigenvalue weighted by Gasteiger charge is 2.30. The zero-order valence-corrected chi connectivity index (χ0v) is 16.0. The van der Waals surface area contributed by atoms with Gasteiger partial charge in [0.05, 0.1) is 18.4 Å². The molecule has 2 N–H and O–H groups in total. The summed E-state index contributed by atoms with van der Waals surface area (Å²) >= 11 is 0. The quantitative estimate of drug-likeness (QED) is 0.598. The monoisotopic (exact) mass is 418 g/mol. The highest BCUT2D eigenvalue weighted by Crippen LogP contribution is 2.33. The molecule has 3 aromatic rings. The first-order chi connectivity index (χ1) is 14.2. The van der Waals surface area contributed by atoms with Crippen LogP contribution in [0.5, 0.6) is 5.75 Å². The normalized spacial score (nSPS) is 11.1. The number of carbonyl (C=O) groups excluding carboxylic acids is 2. The minimum absolute atomic E-state index is 0.102. The highest BCUT2D eigenvalue weighted by atomic mass is 19.4. The summed E-state index contributed by atoms with van der Waals surface area (Å²) in [6.07, 6.45) is -4.49. The van der Waals surface area contributed by atoms with E-state index in [4.69, 9.17) is 9.15 Å². The summed E-state index contributed by atoms with van der Waals surface area (Å²) in [6, 6.07) is 12.1. The molecule has 0 aliphatic heterocycles. The Kier molecular flexibility index (Phi) is 5.81. The van der Waals surface area contributed by atoms with Crippen molar-refractivity contribution in [2.75, 3.05) is 17.7 Å². The summed E-state index contributed by atoms with van der Waals surface area (Å²) < 4.78 is 49.4. The molecule has 0 unspecified atom stereocenters. The van der Waals surface area contributed by atoms with Crippen LogP contribution in [0.4, 0.5) is 24.5 Å². The van der Waals surface area contributed by atoms with Crippen LogP contribution < -0.4 is 15.4 Å². The van der Waals surface area contributed by atoms with Crippen LogP contribution >= 0.6 is 0 Å². The van der Waals surface area contributed by atoms with Crippen molar-refractivity contribution in [3.63, 3.8) is 0 Å². The molecule has 0 aliphatic rings. The lowest BCUT2D eigenvalue weighted by molar-refractivity contribution is -0.137. The second-order valence-corrected chi connectivity index (χ2v) is 6.29. The third kappa shape index (κ3) is 4.80. The number of methoxy groups -OCH3 is 1. The van der Waals surface area contributed by atoms with Crippen molar-refractivity contribution in [1.82, 2.24) is 0 Å². The number of carbonyl (C=O) groups is 2. The van der Waals surface area contributed by atoms with Crippen molar-refractivity contribution >= 4 is 23.2 Å². The summed E-state index contributed by atoms with van der Waals surface area (Å²) in [4.78, 5) is 23.8. The van der Waals surface area contributed by atoms with Crippen molar-refractivity contribution in [1.29, 1.82) is 0 Å². The predicted molar refractivity (Wildman–Crippen MR) is 104 cm³/mol. The van der Waals surface area contributed by atoms with E-state index in [1.54, 1.807) is 12.1 Å². The number of rotatable bonds is 5. The Morgan fingerprint density at radius 3 is 2.43 bits per heavy atom. The average Bonchev–Trinajstić information content (AvgIpc) is 3.18. The number of hydrogen-bond donors (Lipinski definition) is 2. The molecule has 1 heterocycles. The van der Waals surface area contributed by atoms with Gasteiger partial charge in [-0.3, -0.25) is 9.59 Å². The lowest BCUT2D eigenvalue weighted by atomic mass is 10.1. The van der Waals surface area contributed by atoms with Crippen LogP contribution in [-0.4, -0.2) is 18.9 Å². The van der Waals surface area contributed by atoms with Crippen LogP contribution in [0.1, 0.15) is 23.0 Å². The maximum atomic E-state index is 12.9. The molecule has 2 amide bonds. The zero-order chi connectivity index (χ0) is 21.9. The Hall–Kier alpha value is -3.75. The van der Waals surface area contributed by atoms with Crippen LogP contribution in [0, 0.1) is 0 Å². The fourth-order valence-electron chi connectivity index (χ4n) is 2.73. The van der Waals surface area contributed by atoms with Crippen molar-refractivity contribution < 1.29 is 31.9 Å². The zero-order valence-electron chi connectivity index (χ0n) is 16.0. The molecule has 0 saturated carbocycles. The fraction of sp³-hybridized carbons (Fsp3) is 0.143. The fourth-order valence-corrected chi connectivity index (χ4v) is 2.73. The first-order valence-corrected chi connectivity index (χ1v) is 8.72. The van der Waals surface area contributed by atoms with Gasteiger partial charge in [-0.25, -0.2) is 0 Å². The van der Waals surface area contributed by atoms with Crippen molar-refractivity contribution in [2.24, 2.45) is 0 Å². The number of amides is 2. The molecule has 0 aliphatic carbocycles. The molecule has 6 nitrogen and oxygen atoms in total. The standard InChI is InChI=1S/C21H17F3N2O4/c1-12(27)25-15-6-7-18(29-2)16(11-15)26-20(28)19-9-8-17(30-19)13-4-3-5-14(10-13)21(22,23)24/h3-11H,1-2H3,(H,25,27)(H,26,28). The van der Waals surface area contributed by atoms with Gasteiger partial charge >= 0.3 is 6.18 Å². The van der Waals surface area contributed by atoms with E-state index in [1.807, 2.05) is 0 Å². The predicted octanol–water partition coefficient (Wildman–Crippen LogP) is 5.18. The third-order valence-corrected chi connectivity index (χ3v) is 4.07. The number of alkyl halides is 3. The summed E-state index contributed by atoms with van der Waals surface area (Å²) in [7, 11) is 1.42. The molecule has 0 fully saturated rings. The second-order valence-electron chi connectivity index (χ2n) is 6.29. The maximum absolute atomic E-state index is 12.9. The molecule has 0 saturated heterocycles. The van der Waals surface area contributed by atoms with Crippen LogP contribution in [0.25, 0.3) is 11.3 Å². The van der Waals surface area contributed by atoms with E-state index in [1.165, 1.54) is 44.4 Å². The van der Waals surface area contributed by atoms with Gasteiger partial charge < -0.3 is 19.8 Å². The molecule has 0 bridgehead atoms. The van der Waals surface area contributed by atoms with E-state index in [0.29, 0.717) is 11.4 Å². The Balaban J connectivity index is 1.83. The summed E-state index contributed by atoms with van der Waals surface area (Å²) in [5.74, 6) is -0.553. The largest absolute Gasteiger partial charge is 0.495 e. The molecule has 9 heteroatoms. The van der Waals surface area contributed by atoms with Gasteiger partial charge in [-0.1, -0.05) is 12.1 Å². The van der Waals surface area contributed by atoms with Gasteiger partial charge in [0.15, 0.2) is 5.76 Å². The third-order valence-electron chi connectivity index (χ3n) is 4.07. The minimum Gasteiger partial charge on any atom is -0.495 e. The molecule has 30 heavy (non-hydrogen) atoms. The van der Waals surface area contributed by atoms with Gasteiger partial charge in [-0.2, -0.15) is 13.2 Å². The van der Waals surface area contributed by atoms with Gasteiger partial charge in [0.1, 0.15) is 11.5 Å². The Bertz CT molecular complexity index is 1090. The number of halogens is 3.